The third-order valence-electron chi connectivity index (χ3n) is 3.39. The smallest absolute Gasteiger partial charge is 0.343 e. The zero-order valence-electron chi connectivity index (χ0n) is 18.1. The molecule has 2 heterocycles. The van der Waals surface area contributed by atoms with Crippen molar-refractivity contribution in [2.75, 3.05) is 37.6 Å². The Morgan fingerprint density at radius 1 is 0.938 bits per heavy atom. The molecule has 12 heteroatoms. The molecule has 0 aromatic carbocycles. The van der Waals surface area contributed by atoms with Crippen LogP contribution in [0.5, 0.6) is 0 Å². The minimum atomic E-state index is -0.495. The Kier molecular flexibility index (Phi) is 15.4. The number of nitrogens with zero attached hydrogens (tertiary/aromatic N) is 4. The molecule has 2 rings (SSSR count). The van der Waals surface area contributed by atoms with Gasteiger partial charge in [0, 0.05) is 18.9 Å². The molecule has 0 fully saturated rings. The van der Waals surface area contributed by atoms with Crippen molar-refractivity contribution < 1.29 is 19.1 Å². The predicted molar refractivity (Wildman–Crippen MR) is 130 cm³/mol. The molecule has 9 nitrogen and oxygen atoms in total. The van der Waals surface area contributed by atoms with Crippen LogP contribution < -0.4 is 5.32 Å². The molecule has 0 saturated carbocycles. The zero-order valence-corrected chi connectivity index (χ0v) is 20.5. The highest BCUT2D eigenvalue weighted by atomic mass is 35.5. The Balaban J connectivity index is 0.000000592. The van der Waals surface area contributed by atoms with Crippen LogP contribution in [0.25, 0.3) is 0 Å². The number of anilines is 1. The molecule has 0 bridgehead atoms. The molecule has 2 aromatic rings. The lowest BCUT2D eigenvalue weighted by molar-refractivity contribution is 0.0516. The number of rotatable bonds is 9. The second-order valence-electron chi connectivity index (χ2n) is 5.55. The van der Waals surface area contributed by atoms with Crippen molar-refractivity contribution in [1.82, 2.24) is 19.9 Å². The summed E-state index contributed by atoms with van der Waals surface area (Å²) in [6.07, 6.45) is 7.56. The van der Waals surface area contributed by atoms with E-state index in [0.29, 0.717) is 34.9 Å². The SMILES string of the molecule is C.CCCNc1nc(SC)ncc1C(=O)OCC.CCOC(=O)c1cnc(SC)nc1Cl. The van der Waals surface area contributed by atoms with E-state index in [2.05, 4.69) is 25.3 Å². The molecule has 0 saturated heterocycles. The Morgan fingerprint density at radius 2 is 1.44 bits per heavy atom. The Labute approximate surface area is 202 Å². The number of ether oxygens (including phenoxy) is 2. The van der Waals surface area contributed by atoms with Gasteiger partial charge in [0.1, 0.15) is 22.1 Å². The average molecular weight is 504 g/mol. The number of esters is 2. The van der Waals surface area contributed by atoms with E-state index < -0.39 is 11.9 Å². The third-order valence-corrected chi connectivity index (χ3v) is 4.80. The minimum absolute atomic E-state index is 0. The van der Waals surface area contributed by atoms with Gasteiger partial charge in [-0.2, -0.15) is 0 Å². The molecule has 0 aliphatic rings. The van der Waals surface area contributed by atoms with E-state index in [1.807, 2.05) is 19.4 Å². The summed E-state index contributed by atoms with van der Waals surface area (Å²) in [6, 6.07) is 0. The van der Waals surface area contributed by atoms with Crippen molar-refractivity contribution in [2.45, 2.75) is 44.9 Å². The monoisotopic (exact) mass is 503 g/mol. The first-order valence-corrected chi connectivity index (χ1v) is 12.3. The van der Waals surface area contributed by atoms with Crippen molar-refractivity contribution in [3.63, 3.8) is 0 Å². The molecule has 0 atom stereocenters. The Bertz CT molecular complexity index is 874. The molecule has 0 spiro atoms. The van der Waals surface area contributed by atoms with Gasteiger partial charge in [-0.3, -0.25) is 0 Å². The van der Waals surface area contributed by atoms with Gasteiger partial charge in [0.2, 0.25) is 0 Å². The summed E-state index contributed by atoms with van der Waals surface area (Å²) in [5.74, 6) is -0.339. The molecule has 0 amide bonds. The highest BCUT2D eigenvalue weighted by Crippen LogP contribution is 2.18. The summed E-state index contributed by atoms with van der Waals surface area (Å²) in [5.41, 5.74) is 0.587. The topological polar surface area (TPSA) is 116 Å². The van der Waals surface area contributed by atoms with Gasteiger partial charge in [-0.25, -0.2) is 29.5 Å². The number of thioether (sulfide) groups is 2. The maximum atomic E-state index is 11.7. The lowest BCUT2D eigenvalue weighted by Gasteiger charge is -2.10. The molecular weight excluding hydrogens is 474 g/mol. The Hall–Kier alpha value is -2.11. The highest BCUT2D eigenvalue weighted by molar-refractivity contribution is 7.98. The van der Waals surface area contributed by atoms with Crippen LogP contribution in [0.2, 0.25) is 5.15 Å². The first-order chi connectivity index (χ1) is 14.9. The summed E-state index contributed by atoms with van der Waals surface area (Å²) in [7, 11) is 0. The maximum Gasteiger partial charge on any atom is 0.343 e. The van der Waals surface area contributed by atoms with Crippen molar-refractivity contribution in [3.05, 3.63) is 28.7 Å². The summed E-state index contributed by atoms with van der Waals surface area (Å²) >= 11 is 8.57. The maximum absolute atomic E-state index is 11.7. The van der Waals surface area contributed by atoms with E-state index in [1.54, 1.807) is 13.8 Å². The molecule has 2 aromatic heterocycles. The molecule has 178 valence electrons. The third kappa shape index (κ3) is 9.58. The Morgan fingerprint density at radius 3 is 1.91 bits per heavy atom. The van der Waals surface area contributed by atoms with Gasteiger partial charge >= 0.3 is 11.9 Å². The predicted octanol–water partition coefficient (Wildman–Crippen LogP) is 4.86. The normalized spacial score (nSPS) is 9.69. The van der Waals surface area contributed by atoms with Crippen molar-refractivity contribution in [2.24, 2.45) is 0 Å². The van der Waals surface area contributed by atoms with Crippen LogP contribution in [-0.4, -0.2) is 64.1 Å². The van der Waals surface area contributed by atoms with Gasteiger partial charge in [0.25, 0.3) is 0 Å². The second-order valence-corrected chi connectivity index (χ2v) is 7.45. The van der Waals surface area contributed by atoms with Gasteiger partial charge < -0.3 is 14.8 Å². The van der Waals surface area contributed by atoms with Crippen LogP contribution in [0.15, 0.2) is 22.7 Å². The lowest BCUT2D eigenvalue weighted by atomic mass is 10.3. The number of hydrogen-bond donors (Lipinski definition) is 1. The van der Waals surface area contributed by atoms with E-state index in [4.69, 9.17) is 21.1 Å². The summed E-state index contributed by atoms with van der Waals surface area (Å²) in [6.45, 7) is 6.96. The van der Waals surface area contributed by atoms with Crippen molar-refractivity contribution in [3.8, 4) is 0 Å². The van der Waals surface area contributed by atoms with E-state index in [1.165, 1.54) is 35.9 Å². The number of carbonyl (C=O) groups excluding carboxylic acids is 2. The van der Waals surface area contributed by atoms with Gasteiger partial charge in [-0.15, -0.1) is 0 Å². The quantitative estimate of drug-likeness (QED) is 0.219. The highest BCUT2D eigenvalue weighted by Gasteiger charge is 2.15. The van der Waals surface area contributed by atoms with Crippen molar-refractivity contribution in [1.29, 1.82) is 0 Å². The molecule has 0 radical (unpaired) electrons. The van der Waals surface area contributed by atoms with Gasteiger partial charge in [-0.1, -0.05) is 49.5 Å². The molecule has 0 aliphatic heterocycles. The zero-order chi connectivity index (χ0) is 23.2. The molecular formula is C20H30ClN5O4S2. The standard InChI is InChI=1S/C11H17N3O2S.C8H9ClN2O2S.CH4/c1-4-6-12-9-8(10(15)16-5-2)7-13-11(14-9)17-3;1-3-13-7(12)5-4-10-8(14-2)11-6(5)9;/h7H,4-6H2,1-3H3,(H,12,13,14);4H,3H2,1-2H3;1H4. The fourth-order valence-electron chi connectivity index (χ4n) is 1.99. The summed E-state index contributed by atoms with van der Waals surface area (Å²) in [5, 5.41) is 4.41. The number of nitrogens with one attached hydrogen (secondary N) is 1. The fourth-order valence-corrected chi connectivity index (χ4v) is 2.93. The van der Waals surface area contributed by atoms with Crippen LogP contribution in [0.1, 0.15) is 55.3 Å². The fraction of sp³-hybridized carbons (Fsp3) is 0.500. The minimum Gasteiger partial charge on any atom is -0.462 e. The van der Waals surface area contributed by atoms with Gasteiger partial charge in [-0.05, 0) is 32.8 Å². The van der Waals surface area contributed by atoms with Crippen molar-refractivity contribution >= 4 is 52.9 Å². The second kappa shape index (κ2) is 16.5. The van der Waals surface area contributed by atoms with Gasteiger partial charge in [0.15, 0.2) is 10.3 Å². The van der Waals surface area contributed by atoms with Crippen LogP contribution >= 0.6 is 35.1 Å². The number of hydrogen-bond acceptors (Lipinski definition) is 11. The molecule has 32 heavy (non-hydrogen) atoms. The van der Waals surface area contributed by atoms with E-state index in [0.717, 1.165) is 13.0 Å². The number of halogens is 1. The van der Waals surface area contributed by atoms with E-state index in [-0.39, 0.29) is 18.1 Å². The number of aromatic nitrogens is 4. The van der Waals surface area contributed by atoms with Crippen LogP contribution in [-0.2, 0) is 9.47 Å². The van der Waals surface area contributed by atoms with Crippen LogP contribution in [0.3, 0.4) is 0 Å². The van der Waals surface area contributed by atoms with Crippen LogP contribution in [0, 0.1) is 0 Å². The van der Waals surface area contributed by atoms with E-state index >= 15 is 0 Å². The lowest BCUT2D eigenvalue weighted by Crippen LogP contribution is -2.13. The average Bonchev–Trinajstić information content (AvgIpc) is 2.78. The largest absolute Gasteiger partial charge is 0.462 e. The summed E-state index contributed by atoms with van der Waals surface area (Å²) < 4.78 is 9.73. The number of carbonyl (C=O) groups is 2. The molecule has 0 unspecified atom stereocenters. The van der Waals surface area contributed by atoms with Crippen LogP contribution in [0.4, 0.5) is 5.82 Å². The first kappa shape index (κ1) is 29.9. The molecule has 1 N–H and O–H groups in total. The molecule has 0 aliphatic carbocycles. The van der Waals surface area contributed by atoms with E-state index in [9.17, 15) is 9.59 Å². The first-order valence-electron chi connectivity index (χ1n) is 9.47. The van der Waals surface area contributed by atoms with Gasteiger partial charge in [0.05, 0.1) is 13.2 Å². The summed E-state index contributed by atoms with van der Waals surface area (Å²) in [4.78, 5) is 39.1.